The Hall–Kier alpha value is -7.16. The van der Waals surface area contributed by atoms with E-state index in [-0.39, 0.29) is 0 Å². The average molecular weight is 787 g/mol. The van der Waals surface area contributed by atoms with Gasteiger partial charge < -0.3 is 10.2 Å². The summed E-state index contributed by atoms with van der Waals surface area (Å²) in [7, 11) is 0. The van der Waals surface area contributed by atoms with Gasteiger partial charge in [0.15, 0.2) is 0 Å². The van der Waals surface area contributed by atoms with Crippen LogP contribution in [0.2, 0.25) is 0 Å². The Labute approximate surface area is 360 Å². The fourth-order valence-electron chi connectivity index (χ4n) is 10.3. The standard InChI is InChI=1S/C59H50N2/c1-6-7-8-12-29-61(46-22-10-9-11-23-46)57-37-54-51(48-26-25-45(33-55(48)57)47-24-14-19-42-18-13-17-39(3)59(42)47)36-56(58-40(4)30-38(2)31-41(58)5)53-35-50-44-21-16-28-60-27-15-20-43(32-44)49(50)34-52(53)54/h6-24,27-31,33-37,60H,1,25-26,32H2,2-5H3/b8-7-,27-15-,28-16-,29-12-,43-20+,44-21+. The zero-order chi connectivity index (χ0) is 41.6. The summed E-state index contributed by atoms with van der Waals surface area (Å²) in [6.07, 6.45) is 28.3. The van der Waals surface area contributed by atoms with E-state index in [9.17, 15) is 0 Å². The van der Waals surface area contributed by atoms with Crippen LogP contribution in [0.5, 0.6) is 0 Å². The van der Waals surface area contributed by atoms with Crippen LogP contribution in [-0.4, -0.2) is 0 Å². The van der Waals surface area contributed by atoms with E-state index in [0.29, 0.717) is 0 Å². The second-order valence-corrected chi connectivity index (χ2v) is 16.8. The van der Waals surface area contributed by atoms with Gasteiger partial charge in [-0.3, -0.25) is 0 Å². The maximum atomic E-state index is 3.93. The first-order valence-electron chi connectivity index (χ1n) is 21.5. The van der Waals surface area contributed by atoms with Crippen LogP contribution in [0, 0.1) is 27.7 Å². The number of allylic oxidation sites excluding steroid dienone is 11. The molecule has 2 nitrogen and oxygen atoms in total. The third kappa shape index (κ3) is 6.79. The molecule has 2 aliphatic carbocycles. The van der Waals surface area contributed by atoms with Crippen molar-refractivity contribution in [2.45, 2.75) is 47.0 Å². The molecule has 1 N–H and O–H groups in total. The molecule has 1 aliphatic heterocycles. The Bertz CT molecular complexity index is 3150. The van der Waals surface area contributed by atoms with E-state index in [2.05, 4.69) is 196 Å². The lowest BCUT2D eigenvalue weighted by Crippen LogP contribution is -2.13. The molecule has 0 amide bonds. The van der Waals surface area contributed by atoms with Crippen molar-refractivity contribution in [3.8, 4) is 11.1 Å². The smallest absolute Gasteiger partial charge is 0.0537 e. The highest BCUT2D eigenvalue weighted by Crippen LogP contribution is 2.50. The zero-order valence-electron chi connectivity index (χ0n) is 35.5. The van der Waals surface area contributed by atoms with Crippen LogP contribution >= 0.6 is 0 Å². The van der Waals surface area contributed by atoms with Crippen LogP contribution in [0.4, 0.5) is 11.4 Å². The van der Waals surface area contributed by atoms with Gasteiger partial charge in [-0.1, -0.05) is 109 Å². The first-order valence-corrected chi connectivity index (χ1v) is 21.5. The number of anilines is 2. The van der Waals surface area contributed by atoms with Crippen molar-refractivity contribution in [1.82, 2.24) is 5.32 Å². The summed E-state index contributed by atoms with van der Waals surface area (Å²) in [5.41, 5.74) is 20.9. The van der Waals surface area contributed by atoms with Crippen LogP contribution in [0.1, 0.15) is 62.9 Å². The highest BCUT2D eigenvalue weighted by molar-refractivity contribution is 6.19. The molecule has 0 saturated heterocycles. The van der Waals surface area contributed by atoms with Crippen molar-refractivity contribution in [1.29, 1.82) is 0 Å². The molecule has 0 saturated carbocycles. The van der Waals surface area contributed by atoms with E-state index in [1.807, 2.05) is 24.6 Å². The molecule has 3 aliphatic rings. The van der Waals surface area contributed by atoms with E-state index in [1.54, 1.807) is 0 Å². The summed E-state index contributed by atoms with van der Waals surface area (Å²) in [5, 5.41) is 11.1. The van der Waals surface area contributed by atoms with Gasteiger partial charge in [-0.05, 0) is 207 Å². The van der Waals surface area contributed by atoms with Gasteiger partial charge in [0.1, 0.15) is 0 Å². The predicted octanol–water partition coefficient (Wildman–Crippen LogP) is 15.7. The Kier molecular flexibility index (Phi) is 9.85. The van der Waals surface area contributed by atoms with Crippen molar-refractivity contribution in [2.75, 3.05) is 4.90 Å². The van der Waals surface area contributed by atoms with E-state index >= 15 is 0 Å². The molecule has 1 heterocycles. The number of hydrogen-bond donors (Lipinski definition) is 1. The summed E-state index contributed by atoms with van der Waals surface area (Å²) in [4.78, 5) is 2.38. The van der Waals surface area contributed by atoms with Crippen molar-refractivity contribution in [3.05, 3.63) is 227 Å². The highest BCUT2D eigenvalue weighted by atomic mass is 15.1. The van der Waals surface area contributed by atoms with Crippen LogP contribution in [0.3, 0.4) is 0 Å². The molecular formula is C59H50N2. The quantitative estimate of drug-likeness (QED) is 0.128. The third-order valence-electron chi connectivity index (χ3n) is 12.8. The van der Waals surface area contributed by atoms with Gasteiger partial charge in [0.25, 0.3) is 0 Å². The number of nitrogens with one attached hydrogen (secondary N) is 1. The Balaban J connectivity index is 1.34. The Morgan fingerprint density at radius 1 is 0.590 bits per heavy atom. The molecule has 10 rings (SSSR count). The van der Waals surface area contributed by atoms with Gasteiger partial charge in [0.2, 0.25) is 0 Å². The van der Waals surface area contributed by atoms with Gasteiger partial charge in [-0.15, -0.1) is 0 Å². The first kappa shape index (κ1) is 38.1. The second-order valence-electron chi connectivity index (χ2n) is 16.8. The summed E-state index contributed by atoms with van der Waals surface area (Å²) >= 11 is 0. The minimum atomic E-state index is 0.906. The number of aryl methyl sites for hydroxylation is 5. The molecule has 7 aromatic rings. The fourth-order valence-corrected chi connectivity index (χ4v) is 10.3. The maximum Gasteiger partial charge on any atom is 0.0537 e. The molecule has 0 fully saturated rings. The first-order chi connectivity index (χ1) is 29.9. The molecule has 7 aromatic carbocycles. The summed E-state index contributed by atoms with van der Waals surface area (Å²) in [6, 6.07) is 39.0. The lowest BCUT2D eigenvalue weighted by molar-refractivity contribution is 1.01. The number of para-hydroxylation sites is 1. The van der Waals surface area contributed by atoms with E-state index in [4.69, 9.17) is 0 Å². The summed E-state index contributed by atoms with van der Waals surface area (Å²) < 4.78 is 0. The molecule has 0 aromatic heterocycles. The molecule has 0 atom stereocenters. The van der Waals surface area contributed by atoms with Crippen molar-refractivity contribution in [3.63, 3.8) is 0 Å². The summed E-state index contributed by atoms with van der Waals surface area (Å²) in [5.74, 6) is 0. The lowest BCUT2D eigenvalue weighted by atomic mass is 9.80. The van der Waals surface area contributed by atoms with Crippen molar-refractivity contribution >= 4 is 66.5 Å². The molecule has 296 valence electrons. The highest BCUT2D eigenvalue weighted by Gasteiger charge is 2.28. The van der Waals surface area contributed by atoms with E-state index < -0.39 is 0 Å². The van der Waals surface area contributed by atoms with Crippen LogP contribution in [-0.2, 0) is 6.42 Å². The average Bonchev–Trinajstić information content (AvgIpc) is 3.59. The molecule has 0 radical (unpaired) electrons. The predicted molar refractivity (Wildman–Crippen MR) is 265 cm³/mol. The van der Waals surface area contributed by atoms with E-state index in [1.165, 1.54) is 116 Å². The van der Waals surface area contributed by atoms with Crippen LogP contribution in [0.25, 0.3) is 66.2 Å². The number of hydrogen-bond acceptors (Lipinski definition) is 2. The molecule has 0 unspecified atom stereocenters. The number of fused-ring (bicyclic) bond motifs is 11. The monoisotopic (exact) mass is 786 g/mol. The second kappa shape index (κ2) is 15.8. The maximum absolute atomic E-state index is 3.93. The minimum absolute atomic E-state index is 0.906. The topological polar surface area (TPSA) is 15.3 Å². The molecule has 61 heavy (non-hydrogen) atoms. The minimum Gasteiger partial charge on any atom is -0.368 e. The number of benzene rings is 7. The lowest BCUT2D eigenvalue weighted by Gasteiger charge is -2.29. The number of rotatable bonds is 7. The number of nitrogens with zero attached hydrogens (tertiary/aromatic N) is 1. The zero-order valence-corrected chi connectivity index (χ0v) is 35.5. The summed E-state index contributed by atoms with van der Waals surface area (Å²) in [6.45, 7) is 13.0. The van der Waals surface area contributed by atoms with E-state index in [0.717, 1.165) is 24.9 Å². The normalized spacial score (nSPS) is 17.3. The van der Waals surface area contributed by atoms with Crippen LogP contribution < -0.4 is 10.2 Å². The fraction of sp³-hybridized carbons (Fsp3) is 0.119. The van der Waals surface area contributed by atoms with Crippen molar-refractivity contribution < 1.29 is 0 Å². The largest absolute Gasteiger partial charge is 0.368 e. The Morgan fingerprint density at radius 3 is 2.02 bits per heavy atom. The van der Waals surface area contributed by atoms with Gasteiger partial charge >= 0.3 is 0 Å². The molecular weight excluding hydrogens is 737 g/mol. The third-order valence-corrected chi connectivity index (χ3v) is 12.8. The van der Waals surface area contributed by atoms with Gasteiger partial charge in [0.05, 0.1) is 5.69 Å². The van der Waals surface area contributed by atoms with Gasteiger partial charge in [-0.2, -0.15) is 0 Å². The molecule has 0 spiro atoms. The van der Waals surface area contributed by atoms with Gasteiger partial charge in [-0.25, -0.2) is 0 Å². The Morgan fingerprint density at radius 2 is 1.28 bits per heavy atom. The van der Waals surface area contributed by atoms with Crippen LogP contribution in [0.15, 0.2) is 177 Å². The molecule has 2 heteroatoms. The SMILES string of the molecule is C=C/C=C\C=C/N(c1ccccc1)c1cc2c(cc(-c3c(C)cc(C)cc3C)c3cc4c(cc32)/C2=C/C=C\N/C=C\C=C\4C2)c2c1C=C(c1cccc3cccc(C)c13)CC2. The molecule has 2 bridgehead atoms. The van der Waals surface area contributed by atoms with Crippen molar-refractivity contribution in [2.24, 2.45) is 0 Å². The van der Waals surface area contributed by atoms with Gasteiger partial charge in [0, 0.05) is 29.9 Å².